The number of aliphatic hydroxyl groups is 1. The molecule has 0 aliphatic carbocycles. The van der Waals surface area contributed by atoms with Gasteiger partial charge in [-0.2, -0.15) is 0 Å². The smallest absolute Gasteiger partial charge is 0.0952 e. The maximum atomic E-state index is 10.2. The molecule has 0 spiro atoms. The molecule has 1 rings (SSSR count). The van der Waals surface area contributed by atoms with Gasteiger partial charge in [0.1, 0.15) is 0 Å². The molecule has 0 bridgehead atoms. The van der Waals surface area contributed by atoms with Gasteiger partial charge in [-0.1, -0.05) is 33.6 Å². The Labute approximate surface area is 74.9 Å². The van der Waals surface area contributed by atoms with Crippen molar-refractivity contribution in [3.8, 4) is 0 Å². The van der Waals surface area contributed by atoms with Gasteiger partial charge in [0.25, 0.3) is 0 Å². The molecule has 1 heterocycles. The molecule has 0 aromatic rings. The number of hydrogen-bond donors (Lipinski definition) is 1. The predicted octanol–water partition coefficient (Wildman–Crippen LogP) is 1.96. The van der Waals surface area contributed by atoms with Crippen LogP contribution in [0.1, 0.15) is 40.0 Å². The predicted molar refractivity (Wildman–Crippen MR) is 49.1 cm³/mol. The Morgan fingerprint density at radius 2 is 2.00 bits per heavy atom. The van der Waals surface area contributed by atoms with Crippen LogP contribution < -0.4 is 0 Å². The summed E-state index contributed by atoms with van der Waals surface area (Å²) in [6, 6.07) is 0. The molecule has 0 saturated carbocycles. The zero-order chi connectivity index (χ0) is 9.24. The molecular weight excluding hydrogens is 152 g/mol. The summed E-state index contributed by atoms with van der Waals surface area (Å²) in [7, 11) is 0. The Kier molecular flexibility index (Phi) is 2.79. The van der Waals surface area contributed by atoms with Crippen LogP contribution in [0, 0.1) is 5.41 Å². The van der Waals surface area contributed by atoms with Crippen LogP contribution in [0.5, 0.6) is 0 Å². The van der Waals surface area contributed by atoms with Crippen molar-refractivity contribution < 1.29 is 9.84 Å². The van der Waals surface area contributed by atoms with E-state index in [1.165, 1.54) is 0 Å². The molecule has 1 aliphatic heterocycles. The second-order valence-corrected chi connectivity index (χ2v) is 4.51. The van der Waals surface area contributed by atoms with E-state index >= 15 is 0 Å². The first kappa shape index (κ1) is 10.0. The van der Waals surface area contributed by atoms with Crippen LogP contribution >= 0.6 is 0 Å². The van der Waals surface area contributed by atoms with Crippen LogP contribution in [0.4, 0.5) is 0 Å². The van der Waals surface area contributed by atoms with Gasteiger partial charge < -0.3 is 9.84 Å². The first-order chi connectivity index (χ1) is 5.52. The Bertz CT molecular complexity index is 154. The van der Waals surface area contributed by atoms with Gasteiger partial charge >= 0.3 is 0 Å². The SMILES string of the molecule is CCCCC1(O)COCC1(C)C. The molecule has 2 heteroatoms. The highest BCUT2D eigenvalue weighted by atomic mass is 16.5. The van der Waals surface area contributed by atoms with Gasteiger partial charge in [-0.15, -0.1) is 0 Å². The summed E-state index contributed by atoms with van der Waals surface area (Å²) in [4.78, 5) is 0. The van der Waals surface area contributed by atoms with E-state index in [-0.39, 0.29) is 5.41 Å². The Balaban J connectivity index is 2.56. The lowest BCUT2D eigenvalue weighted by atomic mass is 9.75. The second kappa shape index (κ2) is 3.35. The summed E-state index contributed by atoms with van der Waals surface area (Å²) in [5.41, 5.74) is -0.648. The van der Waals surface area contributed by atoms with Crippen molar-refractivity contribution >= 4 is 0 Å². The Morgan fingerprint density at radius 3 is 2.42 bits per heavy atom. The van der Waals surface area contributed by atoms with Gasteiger partial charge in [0.05, 0.1) is 18.8 Å². The molecule has 0 amide bonds. The third-order valence-electron chi connectivity index (χ3n) is 3.01. The highest BCUT2D eigenvalue weighted by Crippen LogP contribution is 2.40. The van der Waals surface area contributed by atoms with E-state index in [9.17, 15) is 5.11 Å². The summed E-state index contributed by atoms with van der Waals surface area (Å²) in [6.45, 7) is 7.50. The van der Waals surface area contributed by atoms with E-state index in [0.29, 0.717) is 13.2 Å². The summed E-state index contributed by atoms with van der Waals surface area (Å²) in [6.07, 6.45) is 3.10. The van der Waals surface area contributed by atoms with Gasteiger partial charge in [0, 0.05) is 5.41 Å². The molecule has 12 heavy (non-hydrogen) atoms. The molecule has 1 fully saturated rings. The second-order valence-electron chi connectivity index (χ2n) is 4.51. The molecule has 0 radical (unpaired) electrons. The molecule has 0 aromatic heterocycles. The van der Waals surface area contributed by atoms with E-state index in [0.717, 1.165) is 19.3 Å². The fourth-order valence-corrected chi connectivity index (χ4v) is 1.68. The van der Waals surface area contributed by atoms with E-state index in [1.807, 2.05) is 0 Å². The van der Waals surface area contributed by atoms with Crippen molar-refractivity contribution in [1.29, 1.82) is 0 Å². The van der Waals surface area contributed by atoms with Crippen LogP contribution in [-0.2, 0) is 4.74 Å². The van der Waals surface area contributed by atoms with Crippen LogP contribution in [0.25, 0.3) is 0 Å². The minimum Gasteiger partial charge on any atom is -0.387 e. The van der Waals surface area contributed by atoms with Gasteiger partial charge in [0.15, 0.2) is 0 Å². The minimum atomic E-state index is -0.580. The van der Waals surface area contributed by atoms with Gasteiger partial charge in [-0.05, 0) is 6.42 Å². The van der Waals surface area contributed by atoms with Crippen molar-refractivity contribution in [3.63, 3.8) is 0 Å². The van der Waals surface area contributed by atoms with Crippen molar-refractivity contribution in [1.82, 2.24) is 0 Å². The summed E-state index contributed by atoms with van der Waals surface area (Å²) >= 11 is 0. The first-order valence-electron chi connectivity index (χ1n) is 4.82. The summed E-state index contributed by atoms with van der Waals surface area (Å²) in [5.74, 6) is 0. The van der Waals surface area contributed by atoms with Crippen LogP contribution in [0.15, 0.2) is 0 Å². The molecular formula is C10H20O2. The lowest BCUT2D eigenvalue weighted by Gasteiger charge is -2.34. The maximum Gasteiger partial charge on any atom is 0.0952 e. The molecule has 1 aliphatic rings. The zero-order valence-electron chi connectivity index (χ0n) is 8.39. The highest BCUT2D eigenvalue weighted by Gasteiger charge is 2.47. The fourth-order valence-electron chi connectivity index (χ4n) is 1.68. The van der Waals surface area contributed by atoms with Crippen molar-refractivity contribution in [2.24, 2.45) is 5.41 Å². The lowest BCUT2D eigenvalue weighted by Crippen LogP contribution is -2.43. The standard InChI is InChI=1S/C10H20O2/c1-4-5-6-10(11)8-12-7-9(10,2)3/h11H,4-8H2,1-3H3. The molecule has 2 nitrogen and oxygen atoms in total. The third kappa shape index (κ3) is 1.64. The quantitative estimate of drug-likeness (QED) is 0.705. The number of ether oxygens (including phenoxy) is 1. The monoisotopic (exact) mass is 172 g/mol. The average molecular weight is 172 g/mol. The Hall–Kier alpha value is -0.0800. The molecule has 72 valence electrons. The average Bonchev–Trinajstić information content (AvgIpc) is 2.24. The van der Waals surface area contributed by atoms with Crippen molar-refractivity contribution in [2.45, 2.75) is 45.6 Å². The topological polar surface area (TPSA) is 29.5 Å². The third-order valence-corrected chi connectivity index (χ3v) is 3.01. The highest BCUT2D eigenvalue weighted by molar-refractivity contribution is 4.97. The maximum absolute atomic E-state index is 10.2. The largest absolute Gasteiger partial charge is 0.387 e. The van der Waals surface area contributed by atoms with Crippen LogP contribution in [0.3, 0.4) is 0 Å². The van der Waals surface area contributed by atoms with Crippen molar-refractivity contribution in [3.05, 3.63) is 0 Å². The number of unbranched alkanes of at least 4 members (excludes halogenated alkanes) is 1. The molecule has 1 N–H and O–H groups in total. The number of hydrogen-bond acceptors (Lipinski definition) is 2. The summed E-state index contributed by atoms with van der Waals surface area (Å²) < 4.78 is 5.32. The van der Waals surface area contributed by atoms with Crippen molar-refractivity contribution in [2.75, 3.05) is 13.2 Å². The first-order valence-corrected chi connectivity index (χ1v) is 4.82. The van der Waals surface area contributed by atoms with E-state index in [1.54, 1.807) is 0 Å². The molecule has 1 atom stereocenters. The number of rotatable bonds is 3. The minimum absolute atomic E-state index is 0.0673. The van der Waals surface area contributed by atoms with Crippen LogP contribution in [-0.4, -0.2) is 23.9 Å². The van der Waals surface area contributed by atoms with Gasteiger partial charge in [-0.25, -0.2) is 0 Å². The van der Waals surface area contributed by atoms with Gasteiger partial charge in [-0.3, -0.25) is 0 Å². The zero-order valence-corrected chi connectivity index (χ0v) is 8.39. The molecule has 1 unspecified atom stereocenters. The fraction of sp³-hybridized carbons (Fsp3) is 1.00. The van der Waals surface area contributed by atoms with Crippen LogP contribution in [0.2, 0.25) is 0 Å². The lowest BCUT2D eigenvalue weighted by molar-refractivity contribution is -0.0411. The molecule has 1 saturated heterocycles. The van der Waals surface area contributed by atoms with E-state index in [2.05, 4.69) is 20.8 Å². The normalized spacial score (nSPS) is 34.0. The summed E-state index contributed by atoms with van der Waals surface area (Å²) in [5, 5.41) is 10.2. The van der Waals surface area contributed by atoms with E-state index in [4.69, 9.17) is 4.74 Å². The Morgan fingerprint density at radius 1 is 1.33 bits per heavy atom. The molecule has 0 aromatic carbocycles. The van der Waals surface area contributed by atoms with E-state index < -0.39 is 5.60 Å². The van der Waals surface area contributed by atoms with Gasteiger partial charge in [0.2, 0.25) is 0 Å².